The summed E-state index contributed by atoms with van der Waals surface area (Å²) in [7, 11) is 0. The normalized spacial score (nSPS) is 13.1. The number of nitrogens with zero attached hydrogens (tertiary/aromatic N) is 1. The molecule has 0 bridgehead atoms. The molecule has 0 rings (SSSR count). The molecule has 14 heavy (non-hydrogen) atoms. The van der Waals surface area contributed by atoms with Crippen molar-refractivity contribution in [2.24, 2.45) is 5.73 Å². The molecule has 0 fully saturated rings. The number of carbonyl (C=O) groups excluding carboxylic acids is 1. The van der Waals surface area contributed by atoms with Gasteiger partial charge in [-0.2, -0.15) is 0 Å². The summed E-state index contributed by atoms with van der Waals surface area (Å²) in [6, 6.07) is -0.216. The summed E-state index contributed by atoms with van der Waals surface area (Å²) in [6.07, 6.45) is 1.10. The van der Waals surface area contributed by atoms with E-state index in [1.807, 2.05) is 6.92 Å². The van der Waals surface area contributed by atoms with E-state index in [0.29, 0.717) is 6.54 Å². The highest BCUT2D eigenvalue weighted by Gasteiger charge is 2.16. The van der Waals surface area contributed by atoms with Gasteiger partial charge >= 0.3 is 0 Å². The molecule has 1 atom stereocenters. The lowest BCUT2D eigenvalue weighted by Crippen LogP contribution is -2.49. The Morgan fingerprint density at radius 2 is 2.07 bits per heavy atom. The third kappa shape index (κ3) is 5.19. The molecule has 0 radical (unpaired) electrons. The molecule has 0 aromatic carbocycles. The average Bonchev–Trinajstić information content (AvgIpc) is 2.15. The van der Waals surface area contributed by atoms with Crippen molar-refractivity contribution in [3.63, 3.8) is 0 Å². The summed E-state index contributed by atoms with van der Waals surface area (Å²) < 4.78 is 0. The highest BCUT2D eigenvalue weighted by Crippen LogP contribution is 1.94. The van der Waals surface area contributed by atoms with Crippen molar-refractivity contribution in [1.29, 1.82) is 0 Å². The van der Waals surface area contributed by atoms with Crippen LogP contribution in [0.4, 0.5) is 0 Å². The molecule has 1 amide bonds. The van der Waals surface area contributed by atoms with Gasteiger partial charge in [0.1, 0.15) is 0 Å². The lowest BCUT2D eigenvalue weighted by molar-refractivity contribution is -0.120. The second-order valence-corrected chi connectivity index (χ2v) is 3.41. The molecule has 0 spiro atoms. The molecule has 0 aromatic heterocycles. The number of nitrogens with two attached hydrogens (primary N) is 1. The largest absolute Gasteiger partial charge is 0.368 e. The number of hydrogen-bond acceptors (Lipinski definition) is 3. The smallest absolute Gasteiger partial charge is 0.235 e. The Hall–Kier alpha value is -0.610. The van der Waals surface area contributed by atoms with E-state index in [1.54, 1.807) is 0 Å². The van der Waals surface area contributed by atoms with Crippen LogP contribution in [0, 0.1) is 0 Å². The Kier molecular flexibility index (Phi) is 7.42. The van der Waals surface area contributed by atoms with Gasteiger partial charge in [0.15, 0.2) is 0 Å². The summed E-state index contributed by atoms with van der Waals surface area (Å²) in [5.41, 5.74) is 5.29. The second-order valence-electron chi connectivity index (χ2n) is 3.41. The molecule has 3 N–H and O–H groups in total. The molecule has 0 heterocycles. The van der Waals surface area contributed by atoms with Crippen LogP contribution in [0.15, 0.2) is 0 Å². The molecule has 4 heteroatoms. The van der Waals surface area contributed by atoms with E-state index in [4.69, 9.17) is 5.73 Å². The monoisotopic (exact) mass is 201 g/mol. The van der Waals surface area contributed by atoms with Crippen LogP contribution in [-0.4, -0.2) is 43.0 Å². The second kappa shape index (κ2) is 7.76. The minimum Gasteiger partial charge on any atom is -0.368 e. The van der Waals surface area contributed by atoms with Gasteiger partial charge in [-0.15, -0.1) is 0 Å². The van der Waals surface area contributed by atoms with E-state index >= 15 is 0 Å². The molecule has 0 saturated heterocycles. The zero-order chi connectivity index (χ0) is 11.0. The quantitative estimate of drug-likeness (QED) is 0.589. The van der Waals surface area contributed by atoms with Gasteiger partial charge < -0.3 is 16.0 Å². The number of primary amides is 1. The maximum absolute atomic E-state index is 11.1. The van der Waals surface area contributed by atoms with E-state index in [2.05, 4.69) is 24.1 Å². The van der Waals surface area contributed by atoms with Crippen LogP contribution in [0.1, 0.15) is 27.2 Å². The fourth-order valence-corrected chi connectivity index (χ4v) is 1.45. The Morgan fingerprint density at radius 1 is 1.43 bits per heavy atom. The Balaban J connectivity index is 4.03. The van der Waals surface area contributed by atoms with Gasteiger partial charge in [0.05, 0.1) is 6.04 Å². The zero-order valence-electron chi connectivity index (χ0n) is 9.55. The van der Waals surface area contributed by atoms with Crippen molar-refractivity contribution in [3.05, 3.63) is 0 Å². The van der Waals surface area contributed by atoms with Crippen LogP contribution in [-0.2, 0) is 4.79 Å². The molecule has 0 aliphatic carbocycles. The number of nitrogens with one attached hydrogen (secondary N) is 1. The minimum absolute atomic E-state index is 0.216. The molecule has 0 saturated carbocycles. The van der Waals surface area contributed by atoms with Gasteiger partial charge in [0, 0.05) is 6.54 Å². The topological polar surface area (TPSA) is 58.4 Å². The van der Waals surface area contributed by atoms with Crippen molar-refractivity contribution in [2.75, 3.05) is 26.2 Å². The minimum atomic E-state index is -0.263. The van der Waals surface area contributed by atoms with E-state index < -0.39 is 0 Å². The van der Waals surface area contributed by atoms with E-state index in [9.17, 15) is 4.79 Å². The van der Waals surface area contributed by atoms with Crippen molar-refractivity contribution >= 4 is 5.91 Å². The predicted octanol–water partition coefficient (Wildman–Crippen LogP) is 0.182. The number of likely N-dealkylation sites (N-methyl/N-ethyl adjacent to an activating group) is 2. The molecular formula is C10H23N3O. The fourth-order valence-electron chi connectivity index (χ4n) is 1.45. The van der Waals surface area contributed by atoms with E-state index in [-0.39, 0.29) is 11.9 Å². The highest BCUT2D eigenvalue weighted by molar-refractivity contribution is 5.80. The van der Waals surface area contributed by atoms with Gasteiger partial charge in [-0.1, -0.05) is 20.8 Å². The molecule has 0 aliphatic rings. The highest BCUT2D eigenvalue weighted by atomic mass is 16.1. The number of amides is 1. The first-order valence-corrected chi connectivity index (χ1v) is 5.40. The lowest BCUT2D eigenvalue weighted by atomic mass is 10.2. The van der Waals surface area contributed by atoms with Gasteiger partial charge in [-0.25, -0.2) is 0 Å². The van der Waals surface area contributed by atoms with Gasteiger partial charge in [0.2, 0.25) is 5.91 Å². The number of hydrogen-bond donors (Lipinski definition) is 2. The van der Waals surface area contributed by atoms with Crippen LogP contribution in [0.5, 0.6) is 0 Å². The molecule has 0 aromatic rings. The first kappa shape index (κ1) is 13.4. The Bertz CT molecular complexity index is 161. The molecule has 84 valence electrons. The molecular weight excluding hydrogens is 178 g/mol. The lowest BCUT2D eigenvalue weighted by Gasteiger charge is -2.24. The third-order valence-corrected chi connectivity index (χ3v) is 2.22. The third-order valence-electron chi connectivity index (χ3n) is 2.22. The van der Waals surface area contributed by atoms with Crippen LogP contribution in [0.3, 0.4) is 0 Å². The first-order valence-electron chi connectivity index (χ1n) is 5.40. The standard InChI is InChI=1S/C10H23N3O/c1-4-7-13(6-3)8-9(10(11)14)12-5-2/h9,12H,4-8H2,1-3H3,(H2,11,14). The van der Waals surface area contributed by atoms with E-state index in [0.717, 1.165) is 26.1 Å². The molecule has 1 unspecified atom stereocenters. The number of carbonyl (C=O) groups is 1. The first-order chi connectivity index (χ1) is 6.65. The summed E-state index contributed by atoms with van der Waals surface area (Å²) in [5, 5.41) is 3.09. The van der Waals surface area contributed by atoms with Crippen LogP contribution < -0.4 is 11.1 Å². The maximum atomic E-state index is 11.1. The maximum Gasteiger partial charge on any atom is 0.235 e. The molecule has 4 nitrogen and oxygen atoms in total. The summed E-state index contributed by atoms with van der Waals surface area (Å²) in [4.78, 5) is 13.3. The summed E-state index contributed by atoms with van der Waals surface area (Å²) in [6.45, 7) is 9.68. The Labute approximate surface area is 86.8 Å². The van der Waals surface area contributed by atoms with Gasteiger partial charge in [0.25, 0.3) is 0 Å². The van der Waals surface area contributed by atoms with E-state index in [1.165, 1.54) is 0 Å². The van der Waals surface area contributed by atoms with Crippen LogP contribution in [0.2, 0.25) is 0 Å². The predicted molar refractivity (Wildman–Crippen MR) is 59.1 cm³/mol. The van der Waals surface area contributed by atoms with Crippen molar-refractivity contribution < 1.29 is 4.79 Å². The number of rotatable bonds is 8. The summed E-state index contributed by atoms with van der Waals surface area (Å²) >= 11 is 0. The van der Waals surface area contributed by atoms with Crippen molar-refractivity contribution in [3.8, 4) is 0 Å². The van der Waals surface area contributed by atoms with Crippen molar-refractivity contribution in [1.82, 2.24) is 10.2 Å². The summed E-state index contributed by atoms with van der Waals surface area (Å²) in [5.74, 6) is -0.263. The van der Waals surface area contributed by atoms with Crippen LogP contribution in [0.25, 0.3) is 0 Å². The van der Waals surface area contributed by atoms with Gasteiger partial charge in [-0.05, 0) is 26.1 Å². The average molecular weight is 201 g/mol. The Morgan fingerprint density at radius 3 is 2.43 bits per heavy atom. The fraction of sp³-hybridized carbons (Fsp3) is 0.900. The zero-order valence-corrected chi connectivity index (χ0v) is 9.55. The SMILES string of the molecule is CCCN(CC)CC(NCC)C(N)=O. The van der Waals surface area contributed by atoms with Crippen LogP contribution >= 0.6 is 0 Å². The molecule has 0 aliphatic heterocycles. The van der Waals surface area contributed by atoms with Crippen molar-refractivity contribution in [2.45, 2.75) is 33.2 Å². The van der Waals surface area contributed by atoms with Gasteiger partial charge in [-0.3, -0.25) is 4.79 Å².